The molecular weight excluding hydrogens is 288 g/mol. The van der Waals surface area contributed by atoms with E-state index >= 15 is 0 Å². The van der Waals surface area contributed by atoms with Gasteiger partial charge in [0.05, 0.1) is 7.11 Å². The van der Waals surface area contributed by atoms with Crippen LogP contribution in [0.15, 0.2) is 30.3 Å². The second-order valence-electron chi connectivity index (χ2n) is 5.38. The van der Waals surface area contributed by atoms with Crippen LogP contribution in [0.1, 0.15) is 37.7 Å². The van der Waals surface area contributed by atoms with E-state index in [1.165, 1.54) is 13.2 Å². The van der Waals surface area contributed by atoms with Crippen LogP contribution in [0.2, 0.25) is 5.02 Å². The molecule has 0 aromatic heterocycles. The van der Waals surface area contributed by atoms with Crippen molar-refractivity contribution in [3.05, 3.63) is 40.9 Å². The van der Waals surface area contributed by atoms with E-state index in [9.17, 15) is 9.59 Å². The molecule has 1 saturated carbocycles. The van der Waals surface area contributed by atoms with Crippen LogP contribution in [0.4, 0.5) is 0 Å². The minimum Gasteiger partial charge on any atom is -0.468 e. The Bertz CT molecular complexity index is 540. The van der Waals surface area contributed by atoms with E-state index in [0.29, 0.717) is 17.9 Å². The molecule has 1 aromatic rings. The number of allylic oxidation sites excluding steroid dienone is 1. The van der Waals surface area contributed by atoms with E-state index < -0.39 is 11.4 Å². The molecule has 4 heteroatoms. The van der Waals surface area contributed by atoms with E-state index in [1.54, 1.807) is 18.2 Å². The first kappa shape index (κ1) is 15.8. The molecule has 0 amide bonds. The van der Waals surface area contributed by atoms with Crippen molar-refractivity contribution >= 4 is 29.4 Å². The second-order valence-corrected chi connectivity index (χ2v) is 5.82. The van der Waals surface area contributed by atoms with E-state index in [4.69, 9.17) is 16.3 Å². The minimum absolute atomic E-state index is 0.163. The number of hydrogen-bond acceptors (Lipinski definition) is 3. The molecular formula is C17H19ClO3. The van der Waals surface area contributed by atoms with Crippen molar-refractivity contribution in [1.82, 2.24) is 0 Å². The van der Waals surface area contributed by atoms with Gasteiger partial charge in [0.1, 0.15) is 5.41 Å². The summed E-state index contributed by atoms with van der Waals surface area (Å²) in [7, 11) is 1.34. The standard InChI is InChI=1S/C17H19ClO3/c1-21-16(20)17(11-3-2-4-12-17)15(19)10-7-13-5-8-14(18)9-6-13/h5-10H,2-4,11-12H2,1H3/b10-7+. The summed E-state index contributed by atoms with van der Waals surface area (Å²) in [4.78, 5) is 24.6. The topological polar surface area (TPSA) is 43.4 Å². The van der Waals surface area contributed by atoms with E-state index in [1.807, 2.05) is 12.1 Å². The maximum atomic E-state index is 12.5. The molecule has 0 aliphatic heterocycles. The van der Waals surface area contributed by atoms with Crippen molar-refractivity contribution in [3.8, 4) is 0 Å². The molecule has 1 aliphatic rings. The van der Waals surface area contributed by atoms with Gasteiger partial charge in [-0.2, -0.15) is 0 Å². The highest BCUT2D eigenvalue weighted by Gasteiger charge is 2.45. The number of hydrogen-bond donors (Lipinski definition) is 0. The third-order valence-electron chi connectivity index (χ3n) is 4.05. The molecule has 1 fully saturated rings. The molecule has 1 aliphatic carbocycles. The second kappa shape index (κ2) is 6.90. The highest BCUT2D eigenvalue weighted by molar-refractivity contribution is 6.30. The number of halogens is 1. The Morgan fingerprint density at radius 3 is 2.33 bits per heavy atom. The maximum absolute atomic E-state index is 12.5. The molecule has 0 saturated heterocycles. The fourth-order valence-electron chi connectivity index (χ4n) is 2.81. The third kappa shape index (κ3) is 3.53. The maximum Gasteiger partial charge on any atom is 0.319 e. The molecule has 0 bridgehead atoms. The number of carbonyl (C=O) groups excluding carboxylic acids is 2. The van der Waals surface area contributed by atoms with Gasteiger partial charge >= 0.3 is 5.97 Å². The normalized spacial score (nSPS) is 17.6. The summed E-state index contributed by atoms with van der Waals surface area (Å²) in [5.74, 6) is -0.572. The van der Waals surface area contributed by atoms with Gasteiger partial charge in [-0.15, -0.1) is 0 Å². The minimum atomic E-state index is -0.990. The van der Waals surface area contributed by atoms with Crippen LogP contribution in [-0.4, -0.2) is 18.9 Å². The summed E-state index contributed by atoms with van der Waals surface area (Å²) in [5.41, 5.74) is -0.112. The van der Waals surface area contributed by atoms with E-state index in [0.717, 1.165) is 24.8 Å². The smallest absolute Gasteiger partial charge is 0.319 e. The van der Waals surface area contributed by atoms with Gasteiger partial charge in [0.25, 0.3) is 0 Å². The van der Waals surface area contributed by atoms with Crippen molar-refractivity contribution in [3.63, 3.8) is 0 Å². The van der Waals surface area contributed by atoms with Crippen molar-refractivity contribution in [2.24, 2.45) is 5.41 Å². The molecule has 112 valence electrons. The molecule has 0 N–H and O–H groups in total. The molecule has 1 aromatic carbocycles. The zero-order valence-electron chi connectivity index (χ0n) is 12.1. The Morgan fingerprint density at radius 2 is 1.76 bits per heavy atom. The van der Waals surface area contributed by atoms with Gasteiger partial charge < -0.3 is 4.74 Å². The van der Waals surface area contributed by atoms with Crippen LogP contribution in [0.3, 0.4) is 0 Å². The predicted octanol–water partition coefficient (Wildman–Crippen LogP) is 4.05. The first-order chi connectivity index (χ1) is 10.1. The molecule has 21 heavy (non-hydrogen) atoms. The lowest BCUT2D eigenvalue weighted by molar-refractivity contribution is -0.158. The summed E-state index contributed by atoms with van der Waals surface area (Å²) in [6.45, 7) is 0. The van der Waals surface area contributed by atoms with Crippen LogP contribution in [-0.2, 0) is 14.3 Å². The zero-order chi connectivity index (χ0) is 15.3. The average molecular weight is 307 g/mol. The van der Waals surface area contributed by atoms with Crippen molar-refractivity contribution in [2.45, 2.75) is 32.1 Å². The van der Waals surface area contributed by atoms with Gasteiger partial charge in [-0.3, -0.25) is 9.59 Å². The van der Waals surface area contributed by atoms with Gasteiger partial charge in [0.15, 0.2) is 5.78 Å². The largest absolute Gasteiger partial charge is 0.468 e. The molecule has 2 rings (SSSR count). The zero-order valence-corrected chi connectivity index (χ0v) is 12.9. The first-order valence-electron chi connectivity index (χ1n) is 7.15. The van der Waals surface area contributed by atoms with Crippen LogP contribution in [0, 0.1) is 5.41 Å². The number of esters is 1. The van der Waals surface area contributed by atoms with Crippen molar-refractivity contribution < 1.29 is 14.3 Å². The molecule has 0 unspecified atom stereocenters. The summed E-state index contributed by atoms with van der Waals surface area (Å²) in [6.07, 6.45) is 7.19. The predicted molar refractivity (Wildman–Crippen MR) is 83.0 cm³/mol. The molecule has 0 spiro atoms. The number of methoxy groups -OCH3 is 1. The van der Waals surface area contributed by atoms with Gasteiger partial charge in [-0.1, -0.05) is 49.1 Å². The van der Waals surface area contributed by atoms with Crippen molar-refractivity contribution in [1.29, 1.82) is 0 Å². The van der Waals surface area contributed by atoms with Gasteiger partial charge in [-0.25, -0.2) is 0 Å². The van der Waals surface area contributed by atoms with Crippen LogP contribution < -0.4 is 0 Å². The van der Waals surface area contributed by atoms with Gasteiger partial charge in [0.2, 0.25) is 0 Å². The van der Waals surface area contributed by atoms with Crippen LogP contribution in [0.25, 0.3) is 6.08 Å². The van der Waals surface area contributed by atoms with E-state index in [-0.39, 0.29) is 5.78 Å². The third-order valence-corrected chi connectivity index (χ3v) is 4.30. The van der Waals surface area contributed by atoms with Crippen LogP contribution >= 0.6 is 11.6 Å². The lowest BCUT2D eigenvalue weighted by Crippen LogP contribution is -2.41. The summed E-state index contributed by atoms with van der Waals surface area (Å²) in [5, 5.41) is 0.650. The number of carbonyl (C=O) groups is 2. The van der Waals surface area contributed by atoms with Crippen LogP contribution in [0.5, 0.6) is 0 Å². The van der Waals surface area contributed by atoms with Gasteiger partial charge in [-0.05, 0) is 36.6 Å². The Morgan fingerprint density at radius 1 is 1.14 bits per heavy atom. The first-order valence-corrected chi connectivity index (χ1v) is 7.53. The fraction of sp³-hybridized carbons (Fsp3) is 0.412. The summed E-state index contributed by atoms with van der Waals surface area (Å²) in [6, 6.07) is 7.19. The monoisotopic (exact) mass is 306 g/mol. The number of rotatable bonds is 4. The number of ketones is 1. The highest BCUT2D eigenvalue weighted by atomic mass is 35.5. The summed E-state index contributed by atoms with van der Waals surface area (Å²) < 4.78 is 4.87. The van der Waals surface area contributed by atoms with Gasteiger partial charge in [0, 0.05) is 5.02 Å². The quantitative estimate of drug-likeness (QED) is 0.479. The van der Waals surface area contributed by atoms with Crippen molar-refractivity contribution in [2.75, 3.05) is 7.11 Å². The molecule has 0 radical (unpaired) electrons. The average Bonchev–Trinajstić information content (AvgIpc) is 2.53. The molecule has 0 atom stereocenters. The van der Waals surface area contributed by atoms with E-state index in [2.05, 4.69) is 0 Å². The Hall–Kier alpha value is -1.61. The fourth-order valence-corrected chi connectivity index (χ4v) is 2.93. The number of benzene rings is 1. The molecule has 0 heterocycles. The SMILES string of the molecule is COC(=O)C1(C(=O)/C=C/c2ccc(Cl)cc2)CCCCC1. The molecule has 3 nitrogen and oxygen atoms in total. The Balaban J connectivity index is 2.18. The Labute approximate surface area is 129 Å². The number of ether oxygens (including phenoxy) is 1. The Kier molecular flexibility index (Phi) is 5.18. The lowest BCUT2D eigenvalue weighted by atomic mass is 9.71. The lowest BCUT2D eigenvalue weighted by Gasteiger charge is -2.31. The summed E-state index contributed by atoms with van der Waals surface area (Å²) >= 11 is 5.83. The highest BCUT2D eigenvalue weighted by Crippen LogP contribution is 2.38.